The fourth-order valence-corrected chi connectivity index (χ4v) is 1.60. The Bertz CT molecular complexity index is 544. The molecule has 0 aliphatic heterocycles. The molecule has 2 aromatic rings. The zero-order valence-corrected chi connectivity index (χ0v) is 11.0. The highest BCUT2D eigenvalue weighted by atomic mass is 16.5. The number of hydrogen-bond acceptors (Lipinski definition) is 2. The zero-order chi connectivity index (χ0) is 13.3. The molecule has 0 spiro atoms. The van der Waals surface area contributed by atoms with E-state index in [0.717, 1.165) is 11.3 Å². The third-order valence-electron chi connectivity index (χ3n) is 2.56. The van der Waals surface area contributed by atoms with Crippen molar-refractivity contribution in [2.45, 2.75) is 6.92 Å². The molecule has 0 aliphatic carbocycles. The molecule has 2 nitrogen and oxygen atoms in total. The smallest absolute Gasteiger partial charge is 0.221 e. The van der Waals surface area contributed by atoms with Gasteiger partial charge in [0.1, 0.15) is 6.61 Å². The number of hydrogen-bond donors (Lipinski definition) is 0. The number of aliphatic imine (C=N–C) groups is 1. The summed E-state index contributed by atoms with van der Waals surface area (Å²) in [5, 5.41) is 0. The molecule has 0 N–H and O–H groups in total. The van der Waals surface area contributed by atoms with E-state index in [1.165, 1.54) is 0 Å². The first-order valence-electron chi connectivity index (χ1n) is 6.33. The third-order valence-corrected chi connectivity index (χ3v) is 2.56. The molecule has 0 heterocycles. The topological polar surface area (TPSA) is 21.6 Å². The van der Waals surface area contributed by atoms with Crippen LogP contribution >= 0.6 is 0 Å². The molecule has 0 fully saturated rings. The highest BCUT2D eigenvalue weighted by Gasteiger charge is 2.03. The molecule has 2 heteroatoms. The van der Waals surface area contributed by atoms with Gasteiger partial charge >= 0.3 is 0 Å². The monoisotopic (exact) mass is 251 g/mol. The minimum absolute atomic E-state index is 0.525. The summed E-state index contributed by atoms with van der Waals surface area (Å²) in [6, 6.07) is 19.8. The Morgan fingerprint density at radius 1 is 1.00 bits per heavy atom. The number of ether oxygens (including phenoxy) is 1. The summed E-state index contributed by atoms with van der Waals surface area (Å²) < 4.78 is 5.74. The van der Waals surface area contributed by atoms with E-state index in [0.29, 0.717) is 12.5 Å². The Hall–Kier alpha value is -2.35. The van der Waals surface area contributed by atoms with Crippen LogP contribution in [0.1, 0.15) is 12.5 Å². The average molecular weight is 251 g/mol. The van der Waals surface area contributed by atoms with E-state index in [4.69, 9.17) is 4.74 Å². The SMILES string of the molecule is C/C=C/COC(=Nc1ccccc1)c1ccccc1. The van der Waals surface area contributed by atoms with E-state index in [2.05, 4.69) is 4.99 Å². The molecule has 96 valence electrons. The van der Waals surface area contributed by atoms with Gasteiger partial charge in [-0.05, 0) is 31.2 Å². The van der Waals surface area contributed by atoms with Crippen LogP contribution in [0, 0.1) is 0 Å². The van der Waals surface area contributed by atoms with Crippen molar-refractivity contribution in [2.24, 2.45) is 4.99 Å². The van der Waals surface area contributed by atoms with Crippen molar-refractivity contribution in [3.05, 3.63) is 78.4 Å². The summed E-state index contributed by atoms with van der Waals surface area (Å²) in [6.07, 6.45) is 3.93. The van der Waals surface area contributed by atoms with Gasteiger partial charge in [0, 0.05) is 5.56 Å². The molecule has 2 rings (SSSR count). The van der Waals surface area contributed by atoms with Gasteiger partial charge in [-0.3, -0.25) is 0 Å². The summed E-state index contributed by atoms with van der Waals surface area (Å²) in [7, 11) is 0. The maximum atomic E-state index is 5.74. The van der Waals surface area contributed by atoms with E-state index >= 15 is 0 Å². The first-order valence-corrected chi connectivity index (χ1v) is 6.33. The molecule has 0 aliphatic rings. The molecule has 19 heavy (non-hydrogen) atoms. The van der Waals surface area contributed by atoms with Gasteiger partial charge in [0.25, 0.3) is 0 Å². The van der Waals surface area contributed by atoms with Crippen molar-refractivity contribution in [3.8, 4) is 0 Å². The molecule has 0 aromatic heterocycles. The predicted octanol–water partition coefficient (Wildman–Crippen LogP) is 4.36. The molecule has 0 radical (unpaired) electrons. The highest BCUT2D eigenvalue weighted by molar-refractivity contribution is 5.95. The van der Waals surface area contributed by atoms with Gasteiger partial charge in [0.2, 0.25) is 5.90 Å². The van der Waals surface area contributed by atoms with Crippen molar-refractivity contribution in [1.29, 1.82) is 0 Å². The highest BCUT2D eigenvalue weighted by Crippen LogP contribution is 2.13. The molecule has 0 saturated carbocycles. The van der Waals surface area contributed by atoms with Crippen LogP contribution in [-0.2, 0) is 4.74 Å². The van der Waals surface area contributed by atoms with Crippen LogP contribution in [0.5, 0.6) is 0 Å². The first kappa shape index (κ1) is 13.1. The van der Waals surface area contributed by atoms with Crippen LogP contribution in [0.2, 0.25) is 0 Å². The fraction of sp³-hybridized carbons (Fsp3) is 0.118. The van der Waals surface area contributed by atoms with Crippen LogP contribution in [0.25, 0.3) is 0 Å². The molecular weight excluding hydrogens is 234 g/mol. The van der Waals surface area contributed by atoms with E-state index < -0.39 is 0 Å². The summed E-state index contributed by atoms with van der Waals surface area (Å²) in [4.78, 5) is 4.56. The Morgan fingerprint density at radius 3 is 2.26 bits per heavy atom. The summed E-state index contributed by atoms with van der Waals surface area (Å²) >= 11 is 0. The number of allylic oxidation sites excluding steroid dienone is 1. The number of benzene rings is 2. The molecule has 0 bridgehead atoms. The Morgan fingerprint density at radius 2 is 1.63 bits per heavy atom. The summed E-state index contributed by atoms with van der Waals surface area (Å²) in [6.45, 7) is 2.50. The van der Waals surface area contributed by atoms with Gasteiger partial charge in [0.05, 0.1) is 5.69 Å². The maximum absolute atomic E-state index is 5.74. The normalized spacial score (nSPS) is 11.7. The molecule has 0 amide bonds. The molecule has 0 saturated heterocycles. The van der Waals surface area contributed by atoms with Crippen molar-refractivity contribution in [2.75, 3.05) is 6.61 Å². The van der Waals surface area contributed by atoms with Crippen LogP contribution in [0.4, 0.5) is 5.69 Å². The average Bonchev–Trinajstić information content (AvgIpc) is 2.48. The maximum Gasteiger partial charge on any atom is 0.221 e. The quantitative estimate of drug-likeness (QED) is 0.449. The largest absolute Gasteiger partial charge is 0.473 e. The van der Waals surface area contributed by atoms with E-state index in [1.807, 2.05) is 79.7 Å². The second-order valence-electron chi connectivity index (χ2n) is 4.00. The molecule has 0 atom stereocenters. The number of para-hydroxylation sites is 1. The molecule has 2 aromatic carbocycles. The van der Waals surface area contributed by atoms with Gasteiger partial charge in [-0.2, -0.15) is 0 Å². The van der Waals surface area contributed by atoms with Crippen molar-refractivity contribution < 1.29 is 4.74 Å². The first-order chi connectivity index (χ1) is 9.40. The van der Waals surface area contributed by atoms with Gasteiger partial charge in [0.15, 0.2) is 0 Å². The second kappa shape index (κ2) is 7.17. The van der Waals surface area contributed by atoms with E-state index in [1.54, 1.807) is 0 Å². The Kier molecular flexibility index (Phi) is 4.94. The molecular formula is C17H17NO. The zero-order valence-electron chi connectivity index (χ0n) is 11.0. The predicted molar refractivity (Wildman–Crippen MR) is 79.8 cm³/mol. The van der Waals surface area contributed by atoms with Crippen LogP contribution in [0.3, 0.4) is 0 Å². The van der Waals surface area contributed by atoms with Crippen molar-refractivity contribution in [1.82, 2.24) is 0 Å². The van der Waals surface area contributed by atoms with Gasteiger partial charge in [-0.15, -0.1) is 0 Å². The lowest BCUT2D eigenvalue weighted by Crippen LogP contribution is -2.06. The minimum Gasteiger partial charge on any atom is -0.473 e. The Labute approximate surface area is 114 Å². The lowest BCUT2D eigenvalue weighted by atomic mass is 10.2. The summed E-state index contributed by atoms with van der Waals surface area (Å²) in [5.41, 5.74) is 1.87. The van der Waals surface area contributed by atoms with Crippen molar-refractivity contribution in [3.63, 3.8) is 0 Å². The van der Waals surface area contributed by atoms with Crippen LogP contribution in [-0.4, -0.2) is 12.5 Å². The van der Waals surface area contributed by atoms with Gasteiger partial charge in [-0.1, -0.05) is 48.6 Å². The lowest BCUT2D eigenvalue weighted by molar-refractivity contribution is 0.351. The minimum atomic E-state index is 0.525. The number of nitrogens with zero attached hydrogens (tertiary/aromatic N) is 1. The lowest BCUT2D eigenvalue weighted by Gasteiger charge is -2.07. The Balaban J connectivity index is 2.26. The summed E-state index contributed by atoms with van der Waals surface area (Å²) in [5.74, 6) is 0.643. The second-order valence-corrected chi connectivity index (χ2v) is 4.00. The van der Waals surface area contributed by atoms with E-state index in [-0.39, 0.29) is 0 Å². The van der Waals surface area contributed by atoms with Crippen LogP contribution < -0.4 is 0 Å². The standard InChI is InChI=1S/C17H17NO/c1-2-3-14-19-17(15-10-6-4-7-11-15)18-16-12-8-5-9-13-16/h2-13H,14H2,1H3/b3-2+,18-17?. The third kappa shape index (κ3) is 4.11. The van der Waals surface area contributed by atoms with E-state index in [9.17, 15) is 0 Å². The molecule has 0 unspecified atom stereocenters. The van der Waals surface area contributed by atoms with Crippen LogP contribution in [0.15, 0.2) is 77.8 Å². The number of rotatable bonds is 4. The van der Waals surface area contributed by atoms with Crippen molar-refractivity contribution >= 4 is 11.6 Å². The fourth-order valence-electron chi connectivity index (χ4n) is 1.60. The van der Waals surface area contributed by atoms with Gasteiger partial charge in [-0.25, -0.2) is 4.99 Å². The van der Waals surface area contributed by atoms with Gasteiger partial charge < -0.3 is 4.74 Å².